The molecule has 0 unspecified atom stereocenters. The first-order chi connectivity index (χ1) is 14.7. The van der Waals surface area contributed by atoms with Crippen molar-refractivity contribution in [1.29, 1.82) is 0 Å². The number of hydrogen-bond acceptors (Lipinski definition) is 7. The lowest BCUT2D eigenvalue weighted by molar-refractivity contribution is -0.120. The molecular weight excluding hydrogens is 400 g/mol. The first kappa shape index (κ1) is 19.1. The zero-order chi connectivity index (χ0) is 20.5. The zero-order valence-corrected chi connectivity index (χ0v) is 17.7. The van der Waals surface area contributed by atoms with Gasteiger partial charge in [-0.2, -0.15) is 0 Å². The van der Waals surface area contributed by atoms with E-state index in [1.807, 2.05) is 30.3 Å². The van der Waals surface area contributed by atoms with Gasteiger partial charge in [0.1, 0.15) is 11.3 Å². The van der Waals surface area contributed by atoms with Crippen LogP contribution in [0.15, 0.2) is 42.5 Å². The van der Waals surface area contributed by atoms with E-state index in [1.165, 1.54) is 0 Å². The van der Waals surface area contributed by atoms with Gasteiger partial charge in [0.15, 0.2) is 5.13 Å². The average molecular weight is 425 g/mol. The maximum Gasteiger partial charge on any atom is 0.231 e. The number of benzene rings is 2. The average Bonchev–Trinajstić information content (AvgIpc) is 3.17. The highest BCUT2D eigenvalue weighted by atomic mass is 32.1. The van der Waals surface area contributed by atoms with Crippen LogP contribution in [0.5, 0.6) is 5.75 Å². The molecule has 2 fully saturated rings. The summed E-state index contributed by atoms with van der Waals surface area (Å²) in [4.78, 5) is 21.8. The van der Waals surface area contributed by atoms with Gasteiger partial charge in [0.25, 0.3) is 0 Å². The number of amides is 1. The van der Waals surface area contributed by atoms with Gasteiger partial charge in [0.2, 0.25) is 5.91 Å². The van der Waals surface area contributed by atoms with Crippen molar-refractivity contribution in [1.82, 2.24) is 4.98 Å². The Morgan fingerprint density at radius 2 is 1.90 bits per heavy atom. The minimum Gasteiger partial charge on any atom is -0.494 e. The molecule has 2 aliphatic rings. The molecule has 1 amide bonds. The molecule has 2 saturated heterocycles. The summed E-state index contributed by atoms with van der Waals surface area (Å²) in [5.74, 6) is 0.812. The first-order valence-electron chi connectivity index (χ1n) is 10.1. The van der Waals surface area contributed by atoms with Crippen molar-refractivity contribution < 1.29 is 14.3 Å². The van der Waals surface area contributed by atoms with Gasteiger partial charge in [0, 0.05) is 37.6 Å². The van der Waals surface area contributed by atoms with Crippen LogP contribution in [0.3, 0.4) is 0 Å². The number of hydrogen-bond donors (Lipinski definition) is 1. The maximum absolute atomic E-state index is 12.6. The van der Waals surface area contributed by atoms with Gasteiger partial charge in [0.05, 0.1) is 30.9 Å². The molecule has 3 aromatic rings. The number of aromatic nitrogens is 1. The third kappa shape index (κ3) is 3.68. The predicted molar refractivity (Wildman–Crippen MR) is 120 cm³/mol. The monoisotopic (exact) mass is 424 g/mol. The second-order valence-corrected chi connectivity index (χ2v) is 8.55. The van der Waals surface area contributed by atoms with Gasteiger partial charge in [-0.05, 0) is 36.4 Å². The van der Waals surface area contributed by atoms with Gasteiger partial charge in [-0.15, -0.1) is 0 Å². The number of methoxy groups -OCH3 is 1. The van der Waals surface area contributed by atoms with E-state index < -0.39 is 0 Å². The van der Waals surface area contributed by atoms with E-state index in [4.69, 9.17) is 14.5 Å². The van der Waals surface area contributed by atoms with Gasteiger partial charge in [-0.3, -0.25) is 4.79 Å². The molecule has 2 aliphatic heterocycles. The molecule has 0 bridgehead atoms. The fraction of sp³-hybridized carbons (Fsp3) is 0.364. The van der Waals surface area contributed by atoms with Crippen LogP contribution in [-0.4, -0.2) is 57.4 Å². The SMILES string of the molecule is COc1cccc2sc(N3CC(C(=O)Nc4ccc(N5CCOCC5)cc4)C3)nc12. The second kappa shape index (κ2) is 8.12. The van der Waals surface area contributed by atoms with Crippen molar-refractivity contribution in [3.63, 3.8) is 0 Å². The molecule has 1 N–H and O–H groups in total. The largest absolute Gasteiger partial charge is 0.494 e. The molecule has 156 valence electrons. The summed E-state index contributed by atoms with van der Waals surface area (Å²) in [7, 11) is 1.66. The Morgan fingerprint density at radius 3 is 2.63 bits per heavy atom. The normalized spacial score (nSPS) is 17.1. The Balaban J connectivity index is 1.18. The predicted octanol–water partition coefficient (Wildman–Crippen LogP) is 3.22. The maximum atomic E-state index is 12.6. The van der Waals surface area contributed by atoms with Gasteiger partial charge >= 0.3 is 0 Å². The smallest absolute Gasteiger partial charge is 0.231 e. The highest BCUT2D eigenvalue weighted by Gasteiger charge is 2.34. The summed E-state index contributed by atoms with van der Waals surface area (Å²) in [6.45, 7) is 4.69. The van der Waals surface area contributed by atoms with Crippen molar-refractivity contribution in [2.75, 3.05) is 61.6 Å². The van der Waals surface area contributed by atoms with Crippen LogP contribution < -0.4 is 19.9 Å². The van der Waals surface area contributed by atoms with E-state index >= 15 is 0 Å². The van der Waals surface area contributed by atoms with Crippen molar-refractivity contribution >= 4 is 44.0 Å². The number of fused-ring (bicyclic) bond motifs is 1. The fourth-order valence-corrected chi connectivity index (χ4v) is 4.83. The topological polar surface area (TPSA) is 66.9 Å². The van der Waals surface area contributed by atoms with Crippen LogP contribution in [0, 0.1) is 5.92 Å². The molecule has 0 radical (unpaired) electrons. The summed E-state index contributed by atoms with van der Waals surface area (Å²) >= 11 is 1.63. The Hall–Kier alpha value is -2.84. The Morgan fingerprint density at radius 1 is 1.13 bits per heavy atom. The standard InChI is InChI=1S/C22H24N4O3S/c1-28-18-3-2-4-19-20(18)24-22(30-19)26-13-15(14-26)21(27)23-16-5-7-17(8-6-16)25-9-11-29-12-10-25/h2-8,15H,9-14H2,1H3,(H,23,27). The van der Waals surface area contributed by atoms with Crippen LogP contribution in [0.2, 0.25) is 0 Å². The van der Waals surface area contributed by atoms with Crippen LogP contribution >= 0.6 is 11.3 Å². The third-order valence-electron chi connectivity index (χ3n) is 5.62. The van der Waals surface area contributed by atoms with Crippen LogP contribution in [0.25, 0.3) is 10.2 Å². The minimum atomic E-state index is -0.0298. The van der Waals surface area contributed by atoms with Crippen LogP contribution in [0.4, 0.5) is 16.5 Å². The summed E-state index contributed by atoms with van der Waals surface area (Å²) in [5.41, 5.74) is 2.88. The summed E-state index contributed by atoms with van der Waals surface area (Å²) in [5, 5.41) is 3.98. The third-order valence-corrected chi connectivity index (χ3v) is 6.71. The number of carbonyl (C=O) groups is 1. The van der Waals surface area contributed by atoms with E-state index in [2.05, 4.69) is 27.2 Å². The van der Waals surface area contributed by atoms with Gasteiger partial charge < -0.3 is 24.6 Å². The molecule has 2 aromatic carbocycles. The number of rotatable bonds is 5. The first-order valence-corrected chi connectivity index (χ1v) is 10.9. The highest BCUT2D eigenvalue weighted by Crippen LogP contribution is 2.36. The number of para-hydroxylation sites is 1. The van der Waals surface area contributed by atoms with Crippen LogP contribution in [-0.2, 0) is 9.53 Å². The number of ether oxygens (including phenoxy) is 2. The molecule has 3 heterocycles. The van der Waals surface area contributed by atoms with Crippen molar-refractivity contribution in [2.45, 2.75) is 0 Å². The van der Waals surface area contributed by atoms with Crippen LogP contribution in [0.1, 0.15) is 0 Å². The summed E-state index contributed by atoms with van der Waals surface area (Å²) in [6.07, 6.45) is 0. The number of thiazole rings is 1. The number of anilines is 3. The van der Waals surface area contributed by atoms with E-state index in [9.17, 15) is 4.79 Å². The van der Waals surface area contributed by atoms with E-state index in [0.717, 1.165) is 58.8 Å². The molecule has 7 nitrogen and oxygen atoms in total. The summed E-state index contributed by atoms with van der Waals surface area (Å²) in [6, 6.07) is 14.0. The number of nitrogens with one attached hydrogen (secondary N) is 1. The molecule has 8 heteroatoms. The van der Waals surface area contributed by atoms with Gasteiger partial charge in [-0.1, -0.05) is 17.4 Å². The van der Waals surface area contributed by atoms with E-state index in [-0.39, 0.29) is 11.8 Å². The van der Waals surface area contributed by atoms with E-state index in [1.54, 1.807) is 18.4 Å². The molecule has 0 saturated carbocycles. The Labute approximate surface area is 179 Å². The van der Waals surface area contributed by atoms with Crippen molar-refractivity contribution in [2.24, 2.45) is 5.92 Å². The molecule has 5 rings (SSSR count). The molecular formula is C22H24N4O3S. The van der Waals surface area contributed by atoms with Crippen molar-refractivity contribution in [3.05, 3.63) is 42.5 Å². The molecule has 0 aliphatic carbocycles. The number of carbonyl (C=O) groups excluding carboxylic acids is 1. The Bertz CT molecular complexity index is 1040. The number of morpholine rings is 1. The molecule has 0 spiro atoms. The minimum absolute atomic E-state index is 0.0298. The molecule has 1 aromatic heterocycles. The van der Waals surface area contributed by atoms with Gasteiger partial charge in [-0.25, -0.2) is 4.98 Å². The quantitative estimate of drug-likeness (QED) is 0.678. The lowest BCUT2D eigenvalue weighted by atomic mass is 10.00. The van der Waals surface area contributed by atoms with E-state index in [0.29, 0.717) is 13.1 Å². The fourth-order valence-electron chi connectivity index (χ4n) is 3.83. The second-order valence-electron chi connectivity index (χ2n) is 7.54. The highest BCUT2D eigenvalue weighted by molar-refractivity contribution is 7.22. The van der Waals surface area contributed by atoms with Crippen molar-refractivity contribution in [3.8, 4) is 5.75 Å². The summed E-state index contributed by atoms with van der Waals surface area (Å²) < 4.78 is 11.9. The lowest BCUT2D eigenvalue weighted by Crippen LogP contribution is -2.52. The lowest BCUT2D eigenvalue weighted by Gasteiger charge is -2.38. The zero-order valence-electron chi connectivity index (χ0n) is 16.8. The molecule has 0 atom stereocenters. The number of nitrogens with zero attached hydrogens (tertiary/aromatic N) is 3. The molecule has 30 heavy (non-hydrogen) atoms. The Kier molecular flexibility index (Phi) is 5.18.